The SMILES string of the molecule is Cc1ccc(C(C)NCc2ccncc2)s1. The van der Waals surface area contributed by atoms with Gasteiger partial charge in [-0.15, -0.1) is 11.3 Å². The number of nitrogens with zero attached hydrogens (tertiary/aromatic N) is 1. The van der Waals surface area contributed by atoms with E-state index in [-0.39, 0.29) is 0 Å². The average molecular weight is 232 g/mol. The molecule has 2 aromatic heterocycles. The lowest BCUT2D eigenvalue weighted by Crippen LogP contribution is -2.17. The topological polar surface area (TPSA) is 24.9 Å². The summed E-state index contributed by atoms with van der Waals surface area (Å²) in [6.07, 6.45) is 3.66. The third kappa shape index (κ3) is 2.90. The van der Waals surface area contributed by atoms with Crippen molar-refractivity contribution in [2.24, 2.45) is 0 Å². The molecule has 16 heavy (non-hydrogen) atoms. The van der Waals surface area contributed by atoms with Crippen LogP contribution in [0.2, 0.25) is 0 Å². The van der Waals surface area contributed by atoms with Gasteiger partial charge >= 0.3 is 0 Å². The molecule has 0 radical (unpaired) electrons. The minimum Gasteiger partial charge on any atom is -0.305 e. The molecule has 0 saturated heterocycles. The van der Waals surface area contributed by atoms with Crippen LogP contribution in [-0.4, -0.2) is 4.98 Å². The predicted octanol–water partition coefficient (Wildman–Crippen LogP) is 3.30. The van der Waals surface area contributed by atoms with E-state index in [9.17, 15) is 0 Å². The number of hydrogen-bond donors (Lipinski definition) is 1. The molecule has 3 heteroatoms. The summed E-state index contributed by atoms with van der Waals surface area (Å²) in [5.41, 5.74) is 1.27. The number of hydrogen-bond acceptors (Lipinski definition) is 3. The molecule has 2 aromatic rings. The van der Waals surface area contributed by atoms with E-state index in [1.807, 2.05) is 35.9 Å². The molecule has 1 unspecified atom stereocenters. The molecule has 2 heterocycles. The van der Waals surface area contributed by atoms with Gasteiger partial charge < -0.3 is 5.32 Å². The van der Waals surface area contributed by atoms with Gasteiger partial charge in [-0.25, -0.2) is 0 Å². The van der Waals surface area contributed by atoms with Crippen molar-refractivity contribution in [2.45, 2.75) is 26.4 Å². The van der Waals surface area contributed by atoms with Crippen LogP contribution in [0.3, 0.4) is 0 Å². The smallest absolute Gasteiger partial charge is 0.0388 e. The summed E-state index contributed by atoms with van der Waals surface area (Å²) in [5, 5.41) is 3.51. The number of aryl methyl sites for hydroxylation is 1. The van der Waals surface area contributed by atoms with Gasteiger partial charge in [-0.1, -0.05) is 0 Å². The Hall–Kier alpha value is -1.19. The second-order valence-corrected chi connectivity index (χ2v) is 5.23. The quantitative estimate of drug-likeness (QED) is 0.875. The lowest BCUT2D eigenvalue weighted by atomic mass is 10.2. The molecule has 0 aliphatic rings. The summed E-state index contributed by atoms with van der Waals surface area (Å²) in [6, 6.07) is 8.86. The molecular weight excluding hydrogens is 216 g/mol. The van der Waals surface area contributed by atoms with E-state index in [1.165, 1.54) is 15.3 Å². The summed E-state index contributed by atoms with van der Waals surface area (Å²) < 4.78 is 0. The van der Waals surface area contributed by atoms with Crippen molar-refractivity contribution in [2.75, 3.05) is 0 Å². The summed E-state index contributed by atoms with van der Waals surface area (Å²) >= 11 is 1.86. The Balaban J connectivity index is 1.91. The molecule has 0 saturated carbocycles. The summed E-state index contributed by atoms with van der Waals surface area (Å²) in [4.78, 5) is 6.77. The fourth-order valence-electron chi connectivity index (χ4n) is 1.56. The van der Waals surface area contributed by atoms with Gasteiger partial charge in [0.1, 0.15) is 0 Å². The summed E-state index contributed by atoms with van der Waals surface area (Å²) in [5.74, 6) is 0. The first-order valence-electron chi connectivity index (χ1n) is 5.44. The Kier molecular flexibility index (Phi) is 3.70. The predicted molar refractivity (Wildman–Crippen MR) is 68.5 cm³/mol. The van der Waals surface area contributed by atoms with Crippen molar-refractivity contribution in [3.05, 3.63) is 52.0 Å². The van der Waals surface area contributed by atoms with E-state index in [0.29, 0.717) is 6.04 Å². The maximum absolute atomic E-state index is 4.01. The van der Waals surface area contributed by atoms with Crippen LogP contribution in [0.5, 0.6) is 0 Å². The van der Waals surface area contributed by atoms with Gasteiger partial charge in [-0.05, 0) is 43.7 Å². The molecule has 2 nitrogen and oxygen atoms in total. The van der Waals surface area contributed by atoms with E-state index in [0.717, 1.165) is 6.54 Å². The van der Waals surface area contributed by atoms with Crippen LogP contribution in [0.4, 0.5) is 0 Å². The molecule has 1 N–H and O–H groups in total. The minimum absolute atomic E-state index is 0.409. The van der Waals surface area contributed by atoms with Crippen molar-refractivity contribution >= 4 is 11.3 Å². The molecule has 0 spiro atoms. The maximum Gasteiger partial charge on any atom is 0.0388 e. The molecule has 0 amide bonds. The Labute approximate surface area is 100 Å². The van der Waals surface area contributed by atoms with Crippen molar-refractivity contribution < 1.29 is 0 Å². The fourth-order valence-corrected chi connectivity index (χ4v) is 2.46. The molecular formula is C13H16N2S. The molecule has 0 fully saturated rings. The van der Waals surface area contributed by atoms with Gasteiger partial charge in [0.15, 0.2) is 0 Å². The second-order valence-electron chi connectivity index (χ2n) is 3.91. The molecule has 2 rings (SSSR count). The van der Waals surface area contributed by atoms with Crippen molar-refractivity contribution in [1.29, 1.82) is 0 Å². The van der Waals surface area contributed by atoms with Crippen molar-refractivity contribution in [1.82, 2.24) is 10.3 Å². The van der Waals surface area contributed by atoms with E-state index in [1.54, 1.807) is 0 Å². The first-order chi connectivity index (χ1) is 7.75. The lowest BCUT2D eigenvalue weighted by Gasteiger charge is -2.11. The molecule has 0 aliphatic heterocycles. The molecule has 0 aromatic carbocycles. The van der Waals surface area contributed by atoms with Crippen LogP contribution in [0.25, 0.3) is 0 Å². The van der Waals surface area contributed by atoms with Gasteiger partial charge in [0.25, 0.3) is 0 Å². The zero-order valence-electron chi connectivity index (χ0n) is 9.60. The Morgan fingerprint density at radius 1 is 1.25 bits per heavy atom. The summed E-state index contributed by atoms with van der Waals surface area (Å²) in [7, 11) is 0. The Bertz CT molecular complexity index is 436. The maximum atomic E-state index is 4.01. The molecule has 84 valence electrons. The third-order valence-electron chi connectivity index (χ3n) is 2.55. The number of aromatic nitrogens is 1. The van der Waals surface area contributed by atoms with Crippen LogP contribution in [0.1, 0.15) is 28.3 Å². The lowest BCUT2D eigenvalue weighted by molar-refractivity contribution is 0.582. The largest absolute Gasteiger partial charge is 0.305 e. The van der Waals surface area contributed by atoms with Crippen LogP contribution >= 0.6 is 11.3 Å². The Morgan fingerprint density at radius 3 is 2.62 bits per heavy atom. The third-order valence-corrected chi connectivity index (χ3v) is 3.73. The fraction of sp³-hybridized carbons (Fsp3) is 0.308. The number of thiophene rings is 1. The summed E-state index contributed by atoms with van der Waals surface area (Å²) in [6.45, 7) is 5.23. The van der Waals surface area contributed by atoms with E-state index in [4.69, 9.17) is 0 Å². The van der Waals surface area contributed by atoms with E-state index in [2.05, 4.69) is 36.3 Å². The van der Waals surface area contributed by atoms with Crippen LogP contribution < -0.4 is 5.32 Å². The molecule has 1 atom stereocenters. The highest BCUT2D eigenvalue weighted by Gasteiger charge is 2.06. The van der Waals surface area contributed by atoms with E-state index < -0.39 is 0 Å². The first kappa shape index (κ1) is 11.3. The standard InChI is InChI=1S/C13H16N2S/c1-10-3-4-13(16-10)11(2)15-9-12-5-7-14-8-6-12/h3-8,11,15H,9H2,1-2H3. The second kappa shape index (κ2) is 5.23. The van der Waals surface area contributed by atoms with Crippen molar-refractivity contribution in [3.8, 4) is 0 Å². The van der Waals surface area contributed by atoms with Gasteiger partial charge in [0.2, 0.25) is 0 Å². The first-order valence-corrected chi connectivity index (χ1v) is 6.26. The van der Waals surface area contributed by atoms with E-state index >= 15 is 0 Å². The van der Waals surface area contributed by atoms with Crippen LogP contribution in [0.15, 0.2) is 36.7 Å². The Morgan fingerprint density at radius 2 is 2.00 bits per heavy atom. The molecule has 0 bridgehead atoms. The van der Waals surface area contributed by atoms with Crippen LogP contribution in [-0.2, 0) is 6.54 Å². The molecule has 0 aliphatic carbocycles. The highest BCUT2D eigenvalue weighted by atomic mass is 32.1. The average Bonchev–Trinajstić information content (AvgIpc) is 2.74. The highest BCUT2D eigenvalue weighted by molar-refractivity contribution is 7.12. The van der Waals surface area contributed by atoms with Gasteiger partial charge in [-0.3, -0.25) is 4.98 Å². The van der Waals surface area contributed by atoms with Gasteiger partial charge in [0.05, 0.1) is 0 Å². The monoisotopic (exact) mass is 232 g/mol. The normalized spacial score (nSPS) is 12.6. The zero-order chi connectivity index (χ0) is 11.4. The minimum atomic E-state index is 0.409. The number of pyridine rings is 1. The number of nitrogens with one attached hydrogen (secondary N) is 1. The van der Waals surface area contributed by atoms with Gasteiger partial charge in [-0.2, -0.15) is 0 Å². The van der Waals surface area contributed by atoms with Crippen molar-refractivity contribution in [3.63, 3.8) is 0 Å². The van der Waals surface area contributed by atoms with Gasteiger partial charge in [0, 0.05) is 34.7 Å². The highest BCUT2D eigenvalue weighted by Crippen LogP contribution is 2.22. The zero-order valence-corrected chi connectivity index (χ0v) is 10.4. The van der Waals surface area contributed by atoms with Crippen LogP contribution in [0, 0.1) is 6.92 Å². The number of rotatable bonds is 4.